The summed E-state index contributed by atoms with van der Waals surface area (Å²) in [6.45, 7) is 0. The molecule has 4 heteroatoms. The fourth-order valence-electron chi connectivity index (χ4n) is 2.60. The molecular weight excluding hydrogens is 355 g/mol. The third kappa shape index (κ3) is 6.54. The lowest BCUT2D eigenvalue weighted by Gasteiger charge is -2.18. The molecule has 3 nitrogen and oxygen atoms in total. The second-order valence-electron chi connectivity index (χ2n) is 6.11. The van der Waals surface area contributed by atoms with Crippen molar-refractivity contribution in [2.24, 2.45) is 0 Å². The molecule has 0 unspecified atom stereocenters. The average molecular weight is 378 g/mol. The molecule has 0 N–H and O–H groups in total. The van der Waals surface area contributed by atoms with Crippen LogP contribution in [0.25, 0.3) is 0 Å². The number of benzene rings is 3. The number of hydrogen-bond donors (Lipinski definition) is 0. The van der Waals surface area contributed by atoms with E-state index in [-0.39, 0.29) is 5.78 Å². The Bertz CT molecular complexity index is 765. The van der Waals surface area contributed by atoms with Crippen LogP contribution in [0.1, 0.15) is 29.6 Å². The van der Waals surface area contributed by atoms with E-state index in [1.807, 2.05) is 91.0 Å². The molecule has 3 rings (SSSR count). The maximum Gasteiger partial charge on any atom is 0.290 e. The maximum atomic E-state index is 12.2. The molecule has 27 heavy (non-hydrogen) atoms. The molecule has 0 atom stereocenters. The molecule has 0 aliphatic rings. The fourth-order valence-corrected chi connectivity index (χ4v) is 4.02. The summed E-state index contributed by atoms with van der Waals surface area (Å²) in [5, 5.41) is 0. The second kappa shape index (κ2) is 10.5. The van der Waals surface area contributed by atoms with Crippen molar-refractivity contribution >= 4 is 14.2 Å². The largest absolute Gasteiger partial charge is 0.439 e. The third-order valence-corrected chi connectivity index (χ3v) is 5.50. The van der Waals surface area contributed by atoms with Crippen LogP contribution in [0.5, 0.6) is 11.5 Å². The molecule has 0 aliphatic heterocycles. The average Bonchev–Trinajstić information content (AvgIpc) is 2.73. The Hall–Kier alpha value is -2.64. The molecule has 0 amide bonds. The van der Waals surface area contributed by atoms with E-state index in [1.54, 1.807) is 0 Å². The summed E-state index contributed by atoms with van der Waals surface area (Å²) in [6, 6.07) is 28.9. The van der Waals surface area contributed by atoms with Crippen molar-refractivity contribution in [1.82, 2.24) is 0 Å². The Labute approximate surface area is 161 Å². The molecule has 0 heterocycles. The Morgan fingerprint density at radius 3 is 1.67 bits per heavy atom. The molecular formula is C23H23O3P. The smallest absolute Gasteiger partial charge is 0.290 e. The quantitative estimate of drug-likeness (QED) is 0.229. The predicted molar refractivity (Wildman–Crippen MR) is 111 cm³/mol. The van der Waals surface area contributed by atoms with E-state index in [0.717, 1.165) is 36.1 Å². The molecule has 0 aliphatic carbocycles. The van der Waals surface area contributed by atoms with Gasteiger partial charge >= 0.3 is 0 Å². The van der Waals surface area contributed by atoms with Crippen molar-refractivity contribution in [3.8, 4) is 11.5 Å². The van der Waals surface area contributed by atoms with Gasteiger partial charge in [-0.05, 0) is 37.1 Å². The zero-order valence-electron chi connectivity index (χ0n) is 15.2. The van der Waals surface area contributed by atoms with Gasteiger partial charge in [0, 0.05) is 18.1 Å². The molecule has 0 bridgehead atoms. The number of carbonyl (C=O) groups excluding carboxylic acids is 1. The van der Waals surface area contributed by atoms with Gasteiger partial charge in [0.25, 0.3) is 8.38 Å². The maximum absolute atomic E-state index is 12.2. The van der Waals surface area contributed by atoms with Gasteiger partial charge in [-0.25, -0.2) is 0 Å². The van der Waals surface area contributed by atoms with Gasteiger partial charge in [0.2, 0.25) is 0 Å². The van der Waals surface area contributed by atoms with E-state index in [9.17, 15) is 4.79 Å². The lowest BCUT2D eigenvalue weighted by Crippen LogP contribution is -2.02. The van der Waals surface area contributed by atoms with E-state index in [4.69, 9.17) is 9.05 Å². The Morgan fingerprint density at radius 1 is 0.667 bits per heavy atom. The van der Waals surface area contributed by atoms with Crippen LogP contribution >= 0.6 is 8.38 Å². The van der Waals surface area contributed by atoms with Gasteiger partial charge in [-0.2, -0.15) is 0 Å². The van der Waals surface area contributed by atoms with Crippen molar-refractivity contribution in [3.05, 3.63) is 96.6 Å². The Morgan fingerprint density at radius 2 is 1.15 bits per heavy atom. The normalized spacial score (nSPS) is 10.6. The van der Waals surface area contributed by atoms with Gasteiger partial charge in [-0.3, -0.25) is 4.79 Å². The molecule has 0 radical (unpaired) electrons. The summed E-state index contributed by atoms with van der Waals surface area (Å²) in [5.74, 6) is 1.80. The van der Waals surface area contributed by atoms with Crippen LogP contribution < -0.4 is 9.05 Å². The van der Waals surface area contributed by atoms with Crippen LogP contribution in [0.2, 0.25) is 0 Å². The van der Waals surface area contributed by atoms with E-state index in [0.29, 0.717) is 6.42 Å². The first kappa shape index (κ1) is 19.1. The number of unbranched alkanes of at least 4 members (excludes halogenated alkanes) is 1. The molecule has 0 spiro atoms. The zero-order chi connectivity index (χ0) is 18.7. The fraction of sp³-hybridized carbons (Fsp3) is 0.174. The van der Waals surface area contributed by atoms with Crippen LogP contribution in [0.4, 0.5) is 0 Å². The topological polar surface area (TPSA) is 35.5 Å². The highest BCUT2D eigenvalue weighted by Gasteiger charge is 2.15. The summed E-state index contributed by atoms with van der Waals surface area (Å²) in [4.78, 5) is 12.2. The van der Waals surface area contributed by atoms with Gasteiger partial charge in [-0.1, -0.05) is 66.7 Å². The SMILES string of the molecule is O=C(CCCCP(Oc1ccccc1)Oc1ccccc1)c1ccccc1. The van der Waals surface area contributed by atoms with Crippen molar-refractivity contribution in [2.45, 2.75) is 19.3 Å². The second-order valence-corrected chi connectivity index (χ2v) is 7.59. The van der Waals surface area contributed by atoms with Crippen LogP contribution in [-0.2, 0) is 0 Å². The van der Waals surface area contributed by atoms with Crippen molar-refractivity contribution in [2.75, 3.05) is 6.16 Å². The highest BCUT2D eigenvalue weighted by Crippen LogP contribution is 2.41. The molecule has 0 saturated carbocycles. The summed E-state index contributed by atoms with van der Waals surface area (Å²) in [7, 11) is -1.11. The summed E-state index contributed by atoms with van der Waals surface area (Å²) < 4.78 is 12.1. The number of Topliss-reactive ketones (excluding diaryl/α,β-unsaturated/α-hetero) is 1. The van der Waals surface area contributed by atoms with Crippen LogP contribution in [0, 0.1) is 0 Å². The monoisotopic (exact) mass is 378 g/mol. The molecule has 138 valence electrons. The lowest BCUT2D eigenvalue weighted by atomic mass is 10.1. The van der Waals surface area contributed by atoms with E-state index >= 15 is 0 Å². The third-order valence-electron chi connectivity index (χ3n) is 3.99. The van der Waals surface area contributed by atoms with Gasteiger partial charge in [0.1, 0.15) is 11.5 Å². The molecule has 0 aromatic heterocycles. The first-order valence-corrected chi connectivity index (χ1v) is 10.5. The molecule has 0 fully saturated rings. The number of hydrogen-bond acceptors (Lipinski definition) is 3. The first-order chi connectivity index (χ1) is 13.3. The van der Waals surface area contributed by atoms with E-state index in [1.165, 1.54) is 0 Å². The summed E-state index contributed by atoms with van der Waals surface area (Å²) >= 11 is 0. The first-order valence-electron chi connectivity index (χ1n) is 9.13. The summed E-state index contributed by atoms with van der Waals surface area (Å²) in [6.07, 6.45) is 3.03. The minimum atomic E-state index is -1.11. The Kier molecular flexibility index (Phi) is 7.44. The lowest BCUT2D eigenvalue weighted by molar-refractivity contribution is 0.0979. The van der Waals surface area contributed by atoms with Gasteiger partial charge < -0.3 is 9.05 Å². The summed E-state index contributed by atoms with van der Waals surface area (Å²) in [5.41, 5.74) is 0.779. The molecule has 3 aromatic rings. The minimum absolute atomic E-state index is 0.188. The minimum Gasteiger partial charge on any atom is -0.439 e. The van der Waals surface area contributed by atoms with Crippen LogP contribution in [0.3, 0.4) is 0 Å². The van der Waals surface area contributed by atoms with Crippen molar-refractivity contribution in [1.29, 1.82) is 0 Å². The van der Waals surface area contributed by atoms with Crippen molar-refractivity contribution < 1.29 is 13.8 Å². The standard InChI is InChI=1S/C23H23O3P/c24-23(20-12-4-1-5-13-20)18-10-11-19-27(25-21-14-6-2-7-15-21)26-22-16-8-3-9-17-22/h1-9,12-17H,10-11,18-19H2. The highest BCUT2D eigenvalue weighted by molar-refractivity contribution is 7.48. The predicted octanol–water partition coefficient (Wildman–Crippen LogP) is 6.51. The van der Waals surface area contributed by atoms with Gasteiger partial charge in [0.15, 0.2) is 5.78 Å². The van der Waals surface area contributed by atoms with E-state index in [2.05, 4.69) is 0 Å². The van der Waals surface area contributed by atoms with Gasteiger partial charge in [-0.15, -0.1) is 0 Å². The highest BCUT2D eigenvalue weighted by atomic mass is 31.2. The Balaban J connectivity index is 1.52. The number of carbonyl (C=O) groups is 1. The molecule has 3 aromatic carbocycles. The number of ketones is 1. The molecule has 0 saturated heterocycles. The zero-order valence-corrected chi connectivity index (χ0v) is 16.1. The van der Waals surface area contributed by atoms with Gasteiger partial charge in [0.05, 0.1) is 0 Å². The van der Waals surface area contributed by atoms with E-state index < -0.39 is 8.38 Å². The number of rotatable bonds is 10. The van der Waals surface area contributed by atoms with Crippen LogP contribution in [-0.4, -0.2) is 11.9 Å². The number of para-hydroxylation sites is 2. The van der Waals surface area contributed by atoms with Crippen LogP contribution in [0.15, 0.2) is 91.0 Å². The van der Waals surface area contributed by atoms with Crippen molar-refractivity contribution in [3.63, 3.8) is 0 Å².